The first-order chi connectivity index (χ1) is 13.8. The maximum Gasteiger partial charge on any atom is 0.229 e. The number of hydrogen-bond donors (Lipinski definition) is 3. The van der Waals surface area contributed by atoms with Gasteiger partial charge in [-0.3, -0.25) is 0 Å². The standard InChI is InChI=1S/C10H8ClF.C8H12FN5.CH2F2/c1-6-2-3-8-9(6)4-7(12)5-10(8)11;1-6(11-3-2-9)14-7-4-12-8(10)13-5-7;2-1-3/h2,4-5H,3H2,1H3;4-5,11,14H,1-3H2,(H2,10,12,13);1H2. The van der Waals surface area contributed by atoms with E-state index in [2.05, 4.69) is 33.3 Å². The fraction of sp³-hybridized carbons (Fsp3) is 0.263. The van der Waals surface area contributed by atoms with Gasteiger partial charge in [0.2, 0.25) is 12.9 Å². The molecule has 1 aliphatic carbocycles. The van der Waals surface area contributed by atoms with E-state index in [4.69, 9.17) is 17.3 Å². The smallest absolute Gasteiger partial charge is 0.229 e. The molecule has 0 radical (unpaired) electrons. The maximum absolute atomic E-state index is 12.9. The Morgan fingerprint density at radius 2 is 1.86 bits per heavy atom. The molecule has 1 aliphatic rings. The molecule has 0 saturated heterocycles. The van der Waals surface area contributed by atoms with Crippen molar-refractivity contribution < 1.29 is 17.6 Å². The molecule has 0 aliphatic heterocycles. The highest BCUT2D eigenvalue weighted by atomic mass is 35.5. The molecule has 5 nitrogen and oxygen atoms in total. The van der Waals surface area contributed by atoms with Gasteiger partial charge in [-0.15, -0.1) is 0 Å². The van der Waals surface area contributed by atoms with E-state index in [1.807, 2.05) is 6.92 Å². The van der Waals surface area contributed by atoms with Crippen molar-refractivity contribution in [2.45, 2.75) is 13.3 Å². The van der Waals surface area contributed by atoms with E-state index < -0.39 is 13.6 Å². The summed E-state index contributed by atoms with van der Waals surface area (Å²) in [6, 6.07) is 2.91. The topological polar surface area (TPSA) is 75.9 Å². The Morgan fingerprint density at radius 1 is 1.24 bits per heavy atom. The average Bonchev–Trinajstić information content (AvgIpc) is 3.04. The Hall–Kier alpha value is -2.81. The van der Waals surface area contributed by atoms with Crippen molar-refractivity contribution >= 4 is 28.8 Å². The van der Waals surface area contributed by atoms with Crippen LogP contribution in [0, 0.1) is 5.82 Å². The zero-order chi connectivity index (χ0) is 21.8. The number of nitrogens with one attached hydrogen (secondary N) is 2. The van der Waals surface area contributed by atoms with Crippen LogP contribution in [0.1, 0.15) is 18.1 Å². The van der Waals surface area contributed by atoms with E-state index >= 15 is 0 Å². The normalized spacial score (nSPS) is 11.2. The van der Waals surface area contributed by atoms with Crippen LogP contribution in [0.3, 0.4) is 0 Å². The first-order valence-corrected chi connectivity index (χ1v) is 8.80. The number of aromatic nitrogens is 2. The lowest BCUT2D eigenvalue weighted by molar-refractivity contribution is 0.295. The Labute approximate surface area is 171 Å². The monoisotopic (exact) mass is 431 g/mol. The number of anilines is 2. The molecule has 10 heteroatoms. The van der Waals surface area contributed by atoms with E-state index in [9.17, 15) is 17.6 Å². The van der Waals surface area contributed by atoms with Crippen molar-refractivity contribution in [1.82, 2.24) is 15.3 Å². The second-order valence-corrected chi connectivity index (χ2v) is 6.06. The average molecular weight is 432 g/mol. The number of benzene rings is 1. The molecule has 1 heterocycles. The van der Waals surface area contributed by atoms with Crippen LogP contribution in [0.5, 0.6) is 0 Å². The molecule has 0 fully saturated rings. The number of fused-ring (bicyclic) bond motifs is 1. The minimum absolute atomic E-state index is 0.206. The number of allylic oxidation sites excluding steroid dienone is 2. The van der Waals surface area contributed by atoms with Crippen molar-refractivity contribution in [2.24, 2.45) is 0 Å². The summed E-state index contributed by atoms with van der Waals surface area (Å²) in [6.45, 7) is 3.64. The maximum atomic E-state index is 12.9. The molecule has 2 aromatic rings. The number of hydrogen-bond acceptors (Lipinski definition) is 5. The molecule has 0 bridgehead atoms. The van der Waals surface area contributed by atoms with Gasteiger partial charge in [-0.05, 0) is 42.2 Å². The number of nitrogens with two attached hydrogens (primary N) is 1. The molecule has 0 spiro atoms. The molecular weight excluding hydrogens is 410 g/mol. The van der Waals surface area contributed by atoms with Gasteiger partial charge >= 0.3 is 0 Å². The minimum atomic E-state index is -1.75. The van der Waals surface area contributed by atoms with Crippen LogP contribution >= 0.6 is 11.6 Å². The molecule has 29 heavy (non-hydrogen) atoms. The van der Waals surface area contributed by atoms with Crippen LogP contribution in [-0.2, 0) is 6.42 Å². The molecule has 0 amide bonds. The summed E-state index contributed by atoms with van der Waals surface area (Å²) in [5.74, 6) is 0.447. The van der Waals surface area contributed by atoms with Crippen molar-refractivity contribution in [2.75, 3.05) is 31.2 Å². The fourth-order valence-electron chi connectivity index (χ4n) is 2.35. The van der Waals surface area contributed by atoms with Gasteiger partial charge in [0, 0.05) is 11.6 Å². The van der Waals surface area contributed by atoms with E-state index in [0.717, 1.165) is 23.1 Å². The molecule has 0 unspecified atom stereocenters. The molecule has 0 saturated carbocycles. The van der Waals surface area contributed by atoms with Gasteiger partial charge in [-0.25, -0.2) is 27.5 Å². The lowest BCUT2D eigenvalue weighted by Crippen LogP contribution is -2.20. The lowest BCUT2D eigenvalue weighted by atomic mass is 10.1. The molecule has 4 N–H and O–H groups in total. The third kappa shape index (κ3) is 8.39. The van der Waals surface area contributed by atoms with Crippen molar-refractivity contribution in [3.63, 3.8) is 0 Å². The van der Waals surface area contributed by atoms with Gasteiger partial charge in [0.1, 0.15) is 12.5 Å². The van der Waals surface area contributed by atoms with E-state index in [-0.39, 0.29) is 18.3 Å². The molecule has 1 aromatic heterocycles. The van der Waals surface area contributed by atoms with E-state index in [0.29, 0.717) is 16.5 Å². The third-order valence-electron chi connectivity index (χ3n) is 3.60. The Bertz CT molecular complexity index is 828. The summed E-state index contributed by atoms with van der Waals surface area (Å²) >= 11 is 5.87. The zero-order valence-corrected chi connectivity index (χ0v) is 16.5. The highest BCUT2D eigenvalue weighted by Gasteiger charge is 2.14. The van der Waals surface area contributed by atoms with Gasteiger partial charge in [-0.2, -0.15) is 0 Å². The van der Waals surface area contributed by atoms with Gasteiger partial charge in [0.15, 0.2) is 0 Å². The summed E-state index contributed by atoms with van der Waals surface area (Å²) in [4.78, 5) is 7.55. The van der Waals surface area contributed by atoms with Crippen molar-refractivity contribution in [3.05, 3.63) is 65.0 Å². The highest BCUT2D eigenvalue weighted by Crippen LogP contribution is 2.32. The van der Waals surface area contributed by atoms with E-state index in [1.54, 1.807) is 6.07 Å². The molecule has 3 rings (SSSR count). The van der Waals surface area contributed by atoms with Crippen molar-refractivity contribution in [1.29, 1.82) is 0 Å². The van der Waals surface area contributed by atoms with Crippen LogP contribution in [0.4, 0.5) is 29.2 Å². The minimum Gasteiger partial charge on any atom is -0.369 e. The fourth-order valence-corrected chi connectivity index (χ4v) is 2.63. The lowest BCUT2D eigenvalue weighted by Gasteiger charge is -2.09. The SMILES string of the molecule is C=C(NCCF)Nc1cnc(N)nc1.CC1=CCc2c(Cl)cc(F)cc21.FCF. The third-order valence-corrected chi connectivity index (χ3v) is 3.93. The van der Waals surface area contributed by atoms with Crippen LogP contribution in [0.25, 0.3) is 5.57 Å². The first-order valence-electron chi connectivity index (χ1n) is 8.42. The quantitative estimate of drug-likeness (QED) is 0.591. The number of nitrogen functional groups attached to an aromatic ring is 1. The highest BCUT2D eigenvalue weighted by molar-refractivity contribution is 6.31. The van der Waals surface area contributed by atoms with Crippen LogP contribution in [0.15, 0.2) is 43.0 Å². The largest absolute Gasteiger partial charge is 0.369 e. The predicted molar refractivity (Wildman–Crippen MR) is 109 cm³/mol. The summed E-state index contributed by atoms with van der Waals surface area (Å²) in [5, 5.41) is 6.12. The number of halogens is 5. The number of alkyl halides is 3. The summed E-state index contributed by atoms with van der Waals surface area (Å²) in [7, 11) is 0. The predicted octanol–water partition coefficient (Wildman–Crippen LogP) is 4.82. The van der Waals surface area contributed by atoms with Crippen LogP contribution in [0.2, 0.25) is 5.02 Å². The summed E-state index contributed by atoms with van der Waals surface area (Å²) < 4.78 is 43.9. The number of nitrogens with zero attached hydrogens (tertiary/aromatic N) is 2. The zero-order valence-electron chi connectivity index (χ0n) is 15.8. The van der Waals surface area contributed by atoms with E-state index in [1.165, 1.54) is 18.5 Å². The second-order valence-electron chi connectivity index (χ2n) is 5.66. The van der Waals surface area contributed by atoms with Gasteiger partial charge in [-0.1, -0.05) is 24.3 Å². The number of rotatable bonds is 5. The summed E-state index contributed by atoms with van der Waals surface area (Å²) in [5.41, 5.74) is 9.08. The summed E-state index contributed by atoms with van der Waals surface area (Å²) in [6.07, 6.45) is 5.94. The Kier molecular flexibility index (Phi) is 10.5. The Morgan fingerprint density at radius 3 is 2.45 bits per heavy atom. The molecular formula is C19H22ClF4N5. The molecule has 0 atom stereocenters. The van der Waals surface area contributed by atoms with Gasteiger partial charge < -0.3 is 16.4 Å². The van der Waals surface area contributed by atoms with Crippen LogP contribution < -0.4 is 16.4 Å². The Balaban J connectivity index is 0.000000257. The van der Waals surface area contributed by atoms with Gasteiger partial charge in [0.25, 0.3) is 0 Å². The van der Waals surface area contributed by atoms with Gasteiger partial charge in [0.05, 0.1) is 23.9 Å². The first kappa shape index (κ1) is 24.2. The van der Waals surface area contributed by atoms with Crippen molar-refractivity contribution in [3.8, 4) is 0 Å². The van der Waals surface area contributed by atoms with Crippen LogP contribution in [-0.4, -0.2) is 30.1 Å². The molecule has 1 aromatic carbocycles. The second kappa shape index (κ2) is 12.6. The molecule has 158 valence electrons.